The van der Waals surface area contributed by atoms with Crippen LogP contribution in [-0.2, 0) is 22.4 Å². The molecule has 1 fully saturated rings. The Labute approximate surface area is 209 Å². The number of carbonyl (C=O) groups excluding carboxylic acids is 2. The lowest BCUT2D eigenvalue weighted by atomic mass is 9.94. The molecule has 184 valence electrons. The average molecular weight is 486 g/mol. The molecule has 7 nitrogen and oxygen atoms in total. The Morgan fingerprint density at radius 1 is 1.00 bits per heavy atom. The zero-order valence-electron chi connectivity index (χ0n) is 20.2. The Balaban J connectivity index is 1.52. The quantitative estimate of drug-likeness (QED) is 0.305. The summed E-state index contributed by atoms with van der Waals surface area (Å²) in [5.41, 5.74) is 3.25. The molecule has 0 saturated carbocycles. The molecule has 1 amide bonds. The monoisotopic (exact) mass is 485 g/mol. The minimum atomic E-state index is -0.698. The number of ether oxygens (including phenoxy) is 3. The molecule has 1 unspecified atom stereocenters. The first kappa shape index (κ1) is 23.5. The molecule has 3 aromatic carbocycles. The standard InChI is InChI=1S/C29H27NO6/c1-34-23-10-8-18(16-24(23)35-2)12-14-30-26(19-6-4-3-5-7-19)25(28(32)29(30)33)27(31)21-9-11-22-20(17-21)13-15-36-22/h3-11,16-17,26,31H,12-15H2,1-2H3/b27-25-. The van der Waals surface area contributed by atoms with E-state index in [1.807, 2.05) is 54.6 Å². The second-order valence-corrected chi connectivity index (χ2v) is 8.76. The number of aliphatic hydroxyl groups is 1. The number of Topliss-reactive ketones (excluding diaryl/α,β-unsaturated/α-hetero) is 1. The van der Waals surface area contributed by atoms with Gasteiger partial charge in [-0.1, -0.05) is 36.4 Å². The van der Waals surface area contributed by atoms with E-state index in [1.165, 1.54) is 4.90 Å². The van der Waals surface area contributed by atoms with Crippen molar-refractivity contribution in [2.45, 2.75) is 18.9 Å². The smallest absolute Gasteiger partial charge is 0.295 e. The van der Waals surface area contributed by atoms with Crippen LogP contribution in [0.25, 0.3) is 5.76 Å². The summed E-state index contributed by atoms with van der Waals surface area (Å²) >= 11 is 0. The number of hydrogen-bond acceptors (Lipinski definition) is 6. The largest absolute Gasteiger partial charge is 0.507 e. The first-order valence-corrected chi connectivity index (χ1v) is 11.8. The molecule has 1 saturated heterocycles. The number of methoxy groups -OCH3 is 2. The minimum Gasteiger partial charge on any atom is -0.507 e. The van der Waals surface area contributed by atoms with Crippen LogP contribution in [0.15, 0.2) is 72.3 Å². The number of likely N-dealkylation sites (tertiary alicyclic amines) is 1. The van der Waals surface area contributed by atoms with Gasteiger partial charge in [0.05, 0.1) is 32.4 Å². The average Bonchev–Trinajstić information content (AvgIpc) is 3.49. The molecule has 7 heteroatoms. The molecule has 0 spiro atoms. The van der Waals surface area contributed by atoms with Gasteiger partial charge >= 0.3 is 0 Å². The number of aliphatic hydroxyl groups excluding tert-OH is 1. The van der Waals surface area contributed by atoms with Crippen LogP contribution < -0.4 is 14.2 Å². The lowest BCUT2D eigenvalue weighted by molar-refractivity contribution is -0.139. The number of fused-ring (bicyclic) bond motifs is 1. The highest BCUT2D eigenvalue weighted by atomic mass is 16.5. The van der Waals surface area contributed by atoms with Gasteiger partial charge in [0.1, 0.15) is 11.5 Å². The van der Waals surface area contributed by atoms with E-state index < -0.39 is 17.7 Å². The molecule has 0 aliphatic carbocycles. The SMILES string of the molecule is COc1ccc(CCN2C(=O)C(=O)/C(=C(\O)c3ccc4c(c3)CCO4)C2c2ccccc2)cc1OC. The lowest BCUT2D eigenvalue weighted by Crippen LogP contribution is -2.31. The highest BCUT2D eigenvalue weighted by Crippen LogP contribution is 2.40. The zero-order chi connectivity index (χ0) is 25.2. The highest BCUT2D eigenvalue weighted by molar-refractivity contribution is 6.46. The van der Waals surface area contributed by atoms with Crippen LogP contribution in [0, 0.1) is 0 Å². The molecule has 0 bridgehead atoms. The normalized spacial score (nSPS) is 18.2. The summed E-state index contributed by atoms with van der Waals surface area (Å²) in [6, 6.07) is 19.5. The Bertz CT molecular complexity index is 1350. The maximum atomic E-state index is 13.3. The summed E-state index contributed by atoms with van der Waals surface area (Å²) in [7, 11) is 3.14. The summed E-state index contributed by atoms with van der Waals surface area (Å²) in [4.78, 5) is 28.0. The molecule has 36 heavy (non-hydrogen) atoms. The Morgan fingerprint density at radius 2 is 1.78 bits per heavy atom. The van der Waals surface area contributed by atoms with Gasteiger partial charge < -0.3 is 24.2 Å². The highest BCUT2D eigenvalue weighted by Gasteiger charge is 2.45. The van der Waals surface area contributed by atoms with E-state index in [4.69, 9.17) is 14.2 Å². The van der Waals surface area contributed by atoms with Crippen LogP contribution in [0.4, 0.5) is 0 Å². The first-order valence-electron chi connectivity index (χ1n) is 11.8. The third-order valence-electron chi connectivity index (χ3n) is 6.71. The molecule has 2 aliphatic rings. The van der Waals surface area contributed by atoms with Crippen molar-refractivity contribution in [1.29, 1.82) is 0 Å². The Hall–Kier alpha value is -4.26. The van der Waals surface area contributed by atoms with Crippen LogP contribution in [0.5, 0.6) is 17.2 Å². The van der Waals surface area contributed by atoms with Crippen molar-refractivity contribution in [2.75, 3.05) is 27.4 Å². The number of carbonyl (C=O) groups is 2. The number of nitrogens with zero attached hydrogens (tertiary/aromatic N) is 1. The minimum absolute atomic E-state index is 0.0948. The second-order valence-electron chi connectivity index (χ2n) is 8.76. The summed E-state index contributed by atoms with van der Waals surface area (Å²) in [5.74, 6) is 0.496. The summed E-state index contributed by atoms with van der Waals surface area (Å²) in [5, 5.41) is 11.3. The predicted octanol–water partition coefficient (Wildman–Crippen LogP) is 4.30. The fourth-order valence-corrected chi connectivity index (χ4v) is 4.87. The summed E-state index contributed by atoms with van der Waals surface area (Å²) in [6.45, 7) is 0.874. The van der Waals surface area contributed by atoms with Crippen molar-refractivity contribution < 1.29 is 28.9 Å². The topological polar surface area (TPSA) is 85.3 Å². The van der Waals surface area contributed by atoms with Gasteiger partial charge in [0.15, 0.2) is 11.5 Å². The van der Waals surface area contributed by atoms with Gasteiger partial charge in [-0.3, -0.25) is 9.59 Å². The fourth-order valence-electron chi connectivity index (χ4n) is 4.87. The number of ketones is 1. The van der Waals surface area contributed by atoms with Crippen molar-refractivity contribution >= 4 is 17.4 Å². The van der Waals surface area contributed by atoms with Gasteiger partial charge in [-0.05, 0) is 53.4 Å². The van der Waals surface area contributed by atoms with E-state index in [0.29, 0.717) is 30.1 Å². The molecule has 0 radical (unpaired) electrons. The lowest BCUT2D eigenvalue weighted by Gasteiger charge is -2.25. The Morgan fingerprint density at radius 3 is 2.53 bits per heavy atom. The number of rotatable bonds is 7. The van der Waals surface area contributed by atoms with Crippen LogP contribution >= 0.6 is 0 Å². The van der Waals surface area contributed by atoms with E-state index in [2.05, 4.69) is 0 Å². The van der Waals surface area contributed by atoms with E-state index >= 15 is 0 Å². The molecule has 5 rings (SSSR count). The molecule has 0 aromatic heterocycles. The molecule has 2 heterocycles. The van der Waals surface area contributed by atoms with Gasteiger partial charge in [-0.25, -0.2) is 0 Å². The van der Waals surface area contributed by atoms with Gasteiger partial charge in [-0.15, -0.1) is 0 Å². The Kier molecular flexibility index (Phi) is 6.38. The number of amides is 1. The molecular weight excluding hydrogens is 458 g/mol. The van der Waals surface area contributed by atoms with Crippen molar-refractivity contribution in [3.8, 4) is 17.2 Å². The molecule has 2 aliphatic heterocycles. The van der Waals surface area contributed by atoms with Crippen LogP contribution in [-0.4, -0.2) is 49.1 Å². The van der Waals surface area contributed by atoms with Crippen LogP contribution in [0.2, 0.25) is 0 Å². The van der Waals surface area contributed by atoms with Crippen molar-refractivity contribution in [2.24, 2.45) is 0 Å². The number of benzene rings is 3. The van der Waals surface area contributed by atoms with Crippen molar-refractivity contribution in [3.05, 3.63) is 94.6 Å². The van der Waals surface area contributed by atoms with Gasteiger partial charge in [0, 0.05) is 18.5 Å². The molecule has 3 aromatic rings. The van der Waals surface area contributed by atoms with Gasteiger partial charge in [0.2, 0.25) is 0 Å². The van der Waals surface area contributed by atoms with Gasteiger partial charge in [0.25, 0.3) is 11.7 Å². The fraction of sp³-hybridized carbons (Fsp3) is 0.241. The maximum absolute atomic E-state index is 13.3. The first-order chi connectivity index (χ1) is 17.5. The van der Waals surface area contributed by atoms with Gasteiger partial charge in [-0.2, -0.15) is 0 Å². The van der Waals surface area contributed by atoms with Crippen LogP contribution in [0.3, 0.4) is 0 Å². The van der Waals surface area contributed by atoms with E-state index in [0.717, 1.165) is 28.9 Å². The number of hydrogen-bond donors (Lipinski definition) is 1. The third kappa shape index (κ3) is 4.17. The van der Waals surface area contributed by atoms with Crippen LogP contribution in [0.1, 0.15) is 28.3 Å². The second kappa shape index (κ2) is 9.77. The van der Waals surface area contributed by atoms with E-state index in [9.17, 15) is 14.7 Å². The van der Waals surface area contributed by atoms with Crippen molar-refractivity contribution in [1.82, 2.24) is 4.90 Å². The third-order valence-corrected chi connectivity index (χ3v) is 6.71. The molecule has 1 N–H and O–H groups in total. The maximum Gasteiger partial charge on any atom is 0.295 e. The van der Waals surface area contributed by atoms with E-state index in [1.54, 1.807) is 26.4 Å². The summed E-state index contributed by atoms with van der Waals surface area (Å²) in [6.07, 6.45) is 1.23. The predicted molar refractivity (Wildman–Crippen MR) is 134 cm³/mol. The zero-order valence-corrected chi connectivity index (χ0v) is 20.2. The van der Waals surface area contributed by atoms with E-state index in [-0.39, 0.29) is 17.9 Å². The van der Waals surface area contributed by atoms with Crippen molar-refractivity contribution in [3.63, 3.8) is 0 Å². The molecular formula is C29H27NO6. The molecule has 1 atom stereocenters. The summed E-state index contributed by atoms with van der Waals surface area (Å²) < 4.78 is 16.3.